The first kappa shape index (κ1) is 14.1. The lowest BCUT2D eigenvalue weighted by atomic mass is 9.81. The quantitative estimate of drug-likeness (QED) is 0.840. The Bertz CT molecular complexity index is 404. The second-order valence-electron chi connectivity index (χ2n) is 5.57. The van der Waals surface area contributed by atoms with Gasteiger partial charge in [0.1, 0.15) is 5.82 Å². The van der Waals surface area contributed by atoms with E-state index in [1.54, 1.807) is 12.4 Å². The molecule has 0 unspecified atom stereocenters. The highest BCUT2D eigenvalue weighted by Gasteiger charge is 2.36. The van der Waals surface area contributed by atoms with Gasteiger partial charge in [-0.25, -0.2) is 4.98 Å². The van der Waals surface area contributed by atoms with Crippen molar-refractivity contribution in [3.8, 4) is 0 Å². The Kier molecular flexibility index (Phi) is 4.58. The Labute approximate surface area is 114 Å². The summed E-state index contributed by atoms with van der Waals surface area (Å²) in [4.78, 5) is 21.9. The molecule has 1 atom stereocenters. The van der Waals surface area contributed by atoms with Crippen LogP contribution in [0.3, 0.4) is 0 Å². The standard InChI is InChI=1S/C14H24N4O/c1-3-18-10-4-6-14(2,11-18)13(19)17-7-5-12-15-8-9-16-12/h8-9H,3-7,10-11H2,1-2H3,(H,15,16)(H,17,19)/t14-/m1/s1. The summed E-state index contributed by atoms with van der Waals surface area (Å²) in [6, 6.07) is 0. The molecule has 0 spiro atoms. The van der Waals surface area contributed by atoms with Crippen LogP contribution in [0.5, 0.6) is 0 Å². The molecule has 0 aromatic carbocycles. The van der Waals surface area contributed by atoms with Crippen molar-refractivity contribution in [2.45, 2.75) is 33.1 Å². The van der Waals surface area contributed by atoms with E-state index >= 15 is 0 Å². The molecule has 0 bridgehead atoms. The maximum absolute atomic E-state index is 12.3. The number of rotatable bonds is 5. The zero-order valence-corrected chi connectivity index (χ0v) is 11.9. The SMILES string of the molecule is CCN1CCC[C@@](C)(C(=O)NCCc2ncc[nH]2)C1. The van der Waals surface area contributed by atoms with Crippen molar-refractivity contribution in [2.75, 3.05) is 26.2 Å². The van der Waals surface area contributed by atoms with Crippen molar-refractivity contribution >= 4 is 5.91 Å². The average Bonchev–Trinajstić information content (AvgIpc) is 2.91. The summed E-state index contributed by atoms with van der Waals surface area (Å²) in [6.07, 6.45) is 6.38. The second kappa shape index (κ2) is 6.19. The van der Waals surface area contributed by atoms with E-state index < -0.39 is 0 Å². The summed E-state index contributed by atoms with van der Waals surface area (Å²) in [5, 5.41) is 3.05. The number of likely N-dealkylation sites (tertiary alicyclic amines) is 1. The van der Waals surface area contributed by atoms with Gasteiger partial charge in [0.25, 0.3) is 0 Å². The highest BCUT2D eigenvalue weighted by molar-refractivity contribution is 5.82. The van der Waals surface area contributed by atoms with E-state index in [0.29, 0.717) is 6.54 Å². The Balaban J connectivity index is 1.81. The molecule has 106 valence electrons. The lowest BCUT2D eigenvalue weighted by Gasteiger charge is -2.38. The first-order chi connectivity index (χ1) is 9.14. The first-order valence-electron chi connectivity index (χ1n) is 7.13. The number of amides is 1. The number of H-pyrrole nitrogens is 1. The van der Waals surface area contributed by atoms with E-state index in [1.165, 1.54) is 0 Å². The summed E-state index contributed by atoms with van der Waals surface area (Å²) in [5.41, 5.74) is -0.239. The third kappa shape index (κ3) is 3.56. The van der Waals surface area contributed by atoms with Crippen LogP contribution < -0.4 is 5.32 Å². The van der Waals surface area contributed by atoms with Crippen molar-refractivity contribution in [2.24, 2.45) is 5.41 Å². The maximum atomic E-state index is 12.3. The molecule has 0 saturated carbocycles. The van der Waals surface area contributed by atoms with Crippen LogP contribution in [0.25, 0.3) is 0 Å². The predicted octanol–water partition coefficient (Wildman–Crippen LogP) is 1.19. The molecule has 2 heterocycles. The van der Waals surface area contributed by atoms with E-state index in [2.05, 4.69) is 34.0 Å². The second-order valence-corrected chi connectivity index (χ2v) is 5.57. The molecule has 2 rings (SSSR count). The molecular formula is C14H24N4O. The van der Waals surface area contributed by atoms with E-state index in [4.69, 9.17) is 0 Å². The third-order valence-corrected chi connectivity index (χ3v) is 3.97. The average molecular weight is 264 g/mol. The third-order valence-electron chi connectivity index (χ3n) is 3.97. The predicted molar refractivity (Wildman–Crippen MR) is 74.8 cm³/mol. The van der Waals surface area contributed by atoms with Crippen molar-refractivity contribution in [3.63, 3.8) is 0 Å². The fraction of sp³-hybridized carbons (Fsp3) is 0.714. The minimum Gasteiger partial charge on any atom is -0.355 e. The normalized spacial score (nSPS) is 24.3. The number of nitrogens with one attached hydrogen (secondary N) is 2. The van der Waals surface area contributed by atoms with Gasteiger partial charge in [0.05, 0.1) is 5.41 Å². The molecular weight excluding hydrogens is 240 g/mol. The van der Waals surface area contributed by atoms with Gasteiger partial charge < -0.3 is 15.2 Å². The number of nitrogens with zero attached hydrogens (tertiary/aromatic N) is 2. The summed E-state index contributed by atoms with van der Waals surface area (Å²) in [6.45, 7) is 7.89. The fourth-order valence-electron chi connectivity index (χ4n) is 2.74. The van der Waals surface area contributed by atoms with E-state index in [-0.39, 0.29) is 11.3 Å². The summed E-state index contributed by atoms with van der Waals surface area (Å²) in [5.74, 6) is 1.10. The minimum absolute atomic E-state index is 0.178. The summed E-state index contributed by atoms with van der Waals surface area (Å²) < 4.78 is 0. The maximum Gasteiger partial charge on any atom is 0.227 e. The van der Waals surface area contributed by atoms with Crippen LogP contribution in [0.1, 0.15) is 32.5 Å². The molecule has 1 aliphatic rings. The zero-order chi connectivity index (χ0) is 13.7. The fourth-order valence-corrected chi connectivity index (χ4v) is 2.74. The summed E-state index contributed by atoms with van der Waals surface area (Å²) >= 11 is 0. The Morgan fingerprint density at radius 1 is 1.63 bits per heavy atom. The van der Waals surface area contributed by atoms with Crippen molar-refractivity contribution in [3.05, 3.63) is 18.2 Å². The molecule has 5 heteroatoms. The van der Waals surface area contributed by atoms with Crippen LogP contribution in [0.4, 0.5) is 0 Å². The molecule has 5 nitrogen and oxygen atoms in total. The van der Waals surface area contributed by atoms with Gasteiger partial charge in [-0.2, -0.15) is 0 Å². The van der Waals surface area contributed by atoms with Crippen molar-refractivity contribution in [1.82, 2.24) is 20.2 Å². The van der Waals surface area contributed by atoms with Crippen LogP contribution in [0.15, 0.2) is 12.4 Å². The van der Waals surface area contributed by atoms with Gasteiger partial charge >= 0.3 is 0 Å². The largest absolute Gasteiger partial charge is 0.355 e. The van der Waals surface area contributed by atoms with Gasteiger partial charge in [-0.1, -0.05) is 6.92 Å². The molecule has 2 N–H and O–H groups in total. The zero-order valence-electron chi connectivity index (χ0n) is 11.9. The highest BCUT2D eigenvalue weighted by Crippen LogP contribution is 2.29. The topological polar surface area (TPSA) is 61.0 Å². The van der Waals surface area contributed by atoms with Crippen LogP contribution in [-0.2, 0) is 11.2 Å². The number of piperidine rings is 1. The van der Waals surface area contributed by atoms with Gasteiger partial charge in [-0.3, -0.25) is 4.79 Å². The van der Waals surface area contributed by atoms with Gasteiger partial charge in [-0.15, -0.1) is 0 Å². The first-order valence-corrected chi connectivity index (χ1v) is 7.13. The molecule has 0 aliphatic carbocycles. The number of hydrogen-bond donors (Lipinski definition) is 2. The Morgan fingerprint density at radius 3 is 3.16 bits per heavy atom. The van der Waals surface area contributed by atoms with Crippen molar-refractivity contribution < 1.29 is 4.79 Å². The van der Waals surface area contributed by atoms with Crippen LogP contribution >= 0.6 is 0 Å². The molecule has 1 fully saturated rings. The number of hydrogen-bond acceptors (Lipinski definition) is 3. The Hall–Kier alpha value is -1.36. The summed E-state index contributed by atoms with van der Waals surface area (Å²) in [7, 11) is 0. The van der Waals surface area contributed by atoms with Gasteiger partial charge in [0.15, 0.2) is 0 Å². The van der Waals surface area contributed by atoms with Crippen LogP contribution in [0, 0.1) is 5.41 Å². The molecule has 1 aliphatic heterocycles. The number of aromatic nitrogens is 2. The monoisotopic (exact) mass is 264 g/mol. The van der Waals surface area contributed by atoms with Gasteiger partial charge in [0.2, 0.25) is 5.91 Å². The molecule has 1 amide bonds. The van der Waals surface area contributed by atoms with Crippen LogP contribution in [0.2, 0.25) is 0 Å². The number of carbonyl (C=O) groups excluding carboxylic acids is 1. The van der Waals surface area contributed by atoms with Crippen molar-refractivity contribution in [1.29, 1.82) is 0 Å². The highest BCUT2D eigenvalue weighted by atomic mass is 16.2. The van der Waals surface area contributed by atoms with Gasteiger partial charge in [0, 0.05) is 31.9 Å². The minimum atomic E-state index is -0.239. The Morgan fingerprint density at radius 2 is 2.47 bits per heavy atom. The van der Waals surface area contributed by atoms with Crippen LogP contribution in [-0.4, -0.2) is 47.0 Å². The molecule has 0 radical (unpaired) electrons. The lowest BCUT2D eigenvalue weighted by Crippen LogP contribution is -2.50. The van der Waals surface area contributed by atoms with E-state index in [1.807, 2.05) is 0 Å². The number of aromatic amines is 1. The van der Waals surface area contributed by atoms with E-state index in [9.17, 15) is 4.79 Å². The number of carbonyl (C=O) groups is 1. The molecule has 1 saturated heterocycles. The molecule has 1 aromatic rings. The molecule has 1 aromatic heterocycles. The lowest BCUT2D eigenvalue weighted by molar-refractivity contribution is -0.133. The number of imidazole rings is 1. The smallest absolute Gasteiger partial charge is 0.227 e. The van der Waals surface area contributed by atoms with Gasteiger partial charge in [-0.05, 0) is 32.9 Å². The molecule has 19 heavy (non-hydrogen) atoms. The van der Waals surface area contributed by atoms with E-state index in [0.717, 1.165) is 44.7 Å².